The lowest BCUT2D eigenvalue weighted by atomic mass is 10.1. The zero-order valence-corrected chi connectivity index (χ0v) is 15.9. The third-order valence-corrected chi connectivity index (χ3v) is 4.70. The number of amides is 2. The second-order valence-electron chi connectivity index (χ2n) is 6.75. The van der Waals surface area contributed by atoms with Crippen LogP contribution in [0.5, 0.6) is 0 Å². The van der Waals surface area contributed by atoms with E-state index in [4.69, 9.17) is 5.73 Å². The highest BCUT2D eigenvalue weighted by molar-refractivity contribution is 6.05. The van der Waals surface area contributed by atoms with Crippen LogP contribution in [-0.4, -0.2) is 21.4 Å². The van der Waals surface area contributed by atoms with Crippen molar-refractivity contribution >= 4 is 28.5 Å². The van der Waals surface area contributed by atoms with E-state index < -0.39 is 17.4 Å². The fraction of sp³-hybridized carbons (Fsp3) is 0.0435. The Morgan fingerprint density at radius 3 is 2.40 bits per heavy atom. The Morgan fingerprint density at radius 1 is 0.967 bits per heavy atom. The van der Waals surface area contributed by atoms with Crippen LogP contribution in [0.2, 0.25) is 0 Å². The summed E-state index contributed by atoms with van der Waals surface area (Å²) in [5.41, 5.74) is 7.01. The molecule has 4 aromatic rings. The highest BCUT2D eigenvalue weighted by Gasteiger charge is 2.17. The number of hydrogen-bond donors (Lipinski definition) is 2. The predicted octanol–water partition coefficient (Wildman–Crippen LogP) is 2.80. The first kappa shape index (κ1) is 19.1. The summed E-state index contributed by atoms with van der Waals surface area (Å²) in [4.78, 5) is 41.6. The number of benzene rings is 2. The zero-order valence-electron chi connectivity index (χ0n) is 15.9. The number of anilines is 1. The van der Waals surface area contributed by atoms with E-state index in [1.165, 1.54) is 16.7 Å². The monoisotopic (exact) mass is 398 g/mol. The summed E-state index contributed by atoms with van der Waals surface area (Å²) in [7, 11) is 0. The molecule has 7 heteroatoms. The van der Waals surface area contributed by atoms with Crippen LogP contribution >= 0.6 is 0 Å². The van der Waals surface area contributed by atoms with Gasteiger partial charge in [-0.25, -0.2) is 4.98 Å². The van der Waals surface area contributed by atoms with Gasteiger partial charge < -0.3 is 11.1 Å². The number of fused-ring (bicyclic) bond motifs is 1. The molecule has 0 saturated carbocycles. The van der Waals surface area contributed by atoms with Crippen molar-refractivity contribution in [1.29, 1.82) is 0 Å². The lowest BCUT2D eigenvalue weighted by molar-refractivity contribution is 0.0998. The van der Waals surface area contributed by atoms with E-state index in [-0.39, 0.29) is 5.56 Å². The summed E-state index contributed by atoms with van der Waals surface area (Å²) >= 11 is 0. The van der Waals surface area contributed by atoms with Crippen LogP contribution in [0.3, 0.4) is 0 Å². The van der Waals surface area contributed by atoms with Crippen LogP contribution in [0, 0.1) is 0 Å². The van der Waals surface area contributed by atoms with Gasteiger partial charge in [-0.15, -0.1) is 0 Å². The van der Waals surface area contributed by atoms with Crippen molar-refractivity contribution in [3.63, 3.8) is 0 Å². The van der Waals surface area contributed by atoms with Gasteiger partial charge in [0.05, 0.1) is 6.54 Å². The van der Waals surface area contributed by atoms with E-state index >= 15 is 0 Å². The number of nitrogens with zero attached hydrogens (tertiary/aromatic N) is 2. The van der Waals surface area contributed by atoms with Crippen molar-refractivity contribution in [2.24, 2.45) is 5.73 Å². The maximum Gasteiger partial charge on any atom is 0.265 e. The van der Waals surface area contributed by atoms with Crippen LogP contribution in [0.1, 0.15) is 26.3 Å². The van der Waals surface area contributed by atoms with Crippen LogP contribution in [-0.2, 0) is 6.54 Å². The number of primary amides is 1. The number of nitrogens with one attached hydrogen (secondary N) is 1. The number of hydrogen-bond acceptors (Lipinski definition) is 4. The Hall–Kier alpha value is -4.26. The first-order valence-corrected chi connectivity index (χ1v) is 9.26. The van der Waals surface area contributed by atoms with Crippen molar-refractivity contribution < 1.29 is 9.59 Å². The molecule has 0 fully saturated rings. The topological polar surface area (TPSA) is 107 Å². The van der Waals surface area contributed by atoms with Gasteiger partial charge in [-0.05, 0) is 48.0 Å². The van der Waals surface area contributed by atoms with Crippen LogP contribution in [0.4, 0.5) is 5.69 Å². The Bertz CT molecular complexity index is 1300. The average molecular weight is 398 g/mol. The highest BCUT2D eigenvalue weighted by atomic mass is 16.2. The molecule has 0 aliphatic rings. The van der Waals surface area contributed by atoms with Crippen LogP contribution in [0.15, 0.2) is 83.8 Å². The number of nitrogens with two attached hydrogens (primary N) is 1. The molecule has 2 amide bonds. The second-order valence-corrected chi connectivity index (χ2v) is 6.75. The summed E-state index contributed by atoms with van der Waals surface area (Å²) in [6.07, 6.45) is 1.61. The highest BCUT2D eigenvalue weighted by Crippen LogP contribution is 2.15. The molecular weight excluding hydrogens is 380 g/mol. The Kier molecular flexibility index (Phi) is 5.09. The fourth-order valence-electron chi connectivity index (χ4n) is 3.20. The molecule has 2 aromatic heterocycles. The molecule has 7 nitrogen and oxygen atoms in total. The van der Waals surface area contributed by atoms with Gasteiger partial charge in [0.15, 0.2) is 0 Å². The smallest absolute Gasteiger partial charge is 0.265 e. The van der Waals surface area contributed by atoms with Crippen LogP contribution in [0.25, 0.3) is 11.0 Å². The Balaban J connectivity index is 1.73. The van der Waals surface area contributed by atoms with Gasteiger partial charge in [0.2, 0.25) is 5.91 Å². The zero-order chi connectivity index (χ0) is 21.1. The van der Waals surface area contributed by atoms with Crippen molar-refractivity contribution in [3.8, 4) is 0 Å². The van der Waals surface area contributed by atoms with E-state index in [2.05, 4.69) is 10.3 Å². The molecule has 0 aliphatic heterocycles. The molecule has 3 N–H and O–H groups in total. The number of carbonyl (C=O) groups excluding carboxylic acids is 2. The number of aromatic nitrogens is 2. The molecule has 0 spiro atoms. The summed E-state index contributed by atoms with van der Waals surface area (Å²) in [6.45, 7) is 0.293. The standard InChI is InChI=1S/C23H18N4O3/c24-20(28)16-8-10-18(11-9-16)26-22(29)19-13-17-7-4-12-25-21(17)27(23(19)30)14-15-5-2-1-3-6-15/h1-13H,14H2,(H2,24,28)(H,26,29). The van der Waals surface area contributed by atoms with Gasteiger partial charge >= 0.3 is 0 Å². The van der Waals surface area contributed by atoms with E-state index in [1.807, 2.05) is 36.4 Å². The first-order valence-electron chi connectivity index (χ1n) is 9.26. The summed E-state index contributed by atoms with van der Waals surface area (Å²) < 4.78 is 1.50. The van der Waals surface area contributed by atoms with Crippen LogP contribution < -0.4 is 16.6 Å². The van der Waals surface area contributed by atoms with Gasteiger partial charge in [-0.3, -0.25) is 19.0 Å². The Labute approximate surface area is 171 Å². The first-order chi connectivity index (χ1) is 14.5. The van der Waals surface area contributed by atoms with Gasteiger partial charge in [-0.2, -0.15) is 0 Å². The van der Waals surface area contributed by atoms with Crippen molar-refractivity contribution in [2.45, 2.75) is 6.54 Å². The molecule has 2 heterocycles. The lowest BCUT2D eigenvalue weighted by Crippen LogP contribution is -2.30. The molecule has 0 radical (unpaired) electrons. The molecule has 0 unspecified atom stereocenters. The molecule has 4 rings (SSSR count). The van der Waals surface area contributed by atoms with E-state index in [0.29, 0.717) is 28.8 Å². The van der Waals surface area contributed by atoms with Gasteiger partial charge in [0, 0.05) is 22.8 Å². The van der Waals surface area contributed by atoms with Gasteiger partial charge in [0.1, 0.15) is 11.2 Å². The lowest BCUT2D eigenvalue weighted by Gasteiger charge is -2.12. The number of pyridine rings is 2. The van der Waals surface area contributed by atoms with Crippen molar-refractivity contribution in [2.75, 3.05) is 5.32 Å². The maximum absolute atomic E-state index is 13.2. The van der Waals surface area contributed by atoms with E-state index in [9.17, 15) is 14.4 Å². The molecule has 30 heavy (non-hydrogen) atoms. The number of carbonyl (C=O) groups is 2. The van der Waals surface area contributed by atoms with Gasteiger partial charge in [-0.1, -0.05) is 30.3 Å². The SMILES string of the molecule is NC(=O)c1ccc(NC(=O)c2cc3cccnc3n(Cc3ccccc3)c2=O)cc1. The molecule has 0 bridgehead atoms. The molecule has 2 aromatic carbocycles. The van der Waals surface area contributed by atoms with Crippen molar-refractivity contribution in [3.05, 3.63) is 106 Å². The largest absolute Gasteiger partial charge is 0.366 e. The molecule has 0 aliphatic carbocycles. The van der Waals surface area contributed by atoms with E-state index in [0.717, 1.165) is 5.56 Å². The van der Waals surface area contributed by atoms with Crippen molar-refractivity contribution in [1.82, 2.24) is 9.55 Å². The summed E-state index contributed by atoms with van der Waals surface area (Å²) in [6, 6.07) is 20.7. The average Bonchev–Trinajstić information content (AvgIpc) is 2.76. The normalized spacial score (nSPS) is 10.7. The Morgan fingerprint density at radius 2 is 1.70 bits per heavy atom. The third-order valence-electron chi connectivity index (χ3n) is 4.70. The number of rotatable bonds is 5. The quantitative estimate of drug-likeness (QED) is 0.539. The molecule has 0 saturated heterocycles. The van der Waals surface area contributed by atoms with Gasteiger partial charge in [0.25, 0.3) is 11.5 Å². The molecule has 148 valence electrons. The minimum atomic E-state index is -0.557. The minimum absolute atomic E-state index is 0.00501. The third kappa shape index (κ3) is 3.81. The fourth-order valence-corrected chi connectivity index (χ4v) is 3.20. The minimum Gasteiger partial charge on any atom is -0.366 e. The summed E-state index contributed by atoms with van der Waals surface area (Å²) in [5.74, 6) is -1.10. The van der Waals surface area contributed by atoms with E-state index in [1.54, 1.807) is 30.5 Å². The molecule has 0 atom stereocenters. The second kappa shape index (κ2) is 8.00. The molecular formula is C23H18N4O3. The maximum atomic E-state index is 13.2. The summed E-state index contributed by atoms with van der Waals surface area (Å²) in [5, 5.41) is 3.38. The predicted molar refractivity (Wildman–Crippen MR) is 114 cm³/mol.